The van der Waals surface area contributed by atoms with Gasteiger partial charge < -0.3 is 15.0 Å². The van der Waals surface area contributed by atoms with E-state index in [4.69, 9.17) is 4.74 Å². The quantitative estimate of drug-likeness (QED) is 0.778. The van der Waals surface area contributed by atoms with E-state index in [1.807, 2.05) is 0 Å². The number of esters is 1. The lowest BCUT2D eigenvalue weighted by Gasteiger charge is -2.27. The third kappa shape index (κ3) is 3.74. The Hall–Kier alpha value is -1.55. The van der Waals surface area contributed by atoms with Crippen molar-refractivity contribution in [1.29, 1.82) is 0 Å². The second kappa shape index (κ2) is 7.01. The topological polar surface area (TPSA) is 41.6 Å². The van der Waals surface area contributed by atoms with Crippen LogP contribution in [0.15, 0.2) is 24.3 Å². The van der Waals surface area contributed by atoms with Gasteiger partial charge in [-0.2, -0.15) is 0 Å². The molecule has 0 saturated heterocycles. The van der Waals surface area contributed by atoms with Gasteiger partial charge in [0.15, 0.2) is 0 Å². The molecule has 1 aromatic rings. The number of nitrogens with one attached hydrogen (secondary N) is 1. The van der Waals surface area contributed by atoms with E-state index >= 15 is 0 Å². The number of rotatable bonds is 6. The summed E-state index contributed by atoms with van der Waals surface area (Å²) in [6.45, 7) is 5.58. The van der Waals surface area contributed by atoms with E-state index in [-0.39, 0.29) is 12.0 Å². The van der Waals surface area contributed by atoms with E-state index in [9.17, 15) is 4.79 Å². The molecule has 100 valence electrons. The van der Waals surface area contributed by atoms with E-state index in [0.717, 1.165) is 12.2 Å². The lowest BCUT2D eigenvalue weighted by atomic mass is 10.2. The molecule has 0 radical (unpaired) electrons. The molecule has 4 heteroatoms. The number of likely N-dealkylation sites (N-methyl/N-ethyl adjacent to an activating group) is 2. The first-order valence-electron chi connectivity index (χ1n) is 6.19. The summed E-state index contributed by atoms with van der Waals surface area (Å²) < 4.78 is 4.78. The van der Waals surface area contributed by atoms with Crippen LogP contribution in [0, 0.1) is 6.92 Å². The Morgan fingerprint density at radius 2 is 2.00 bits per heavy atom. The zero-order valence-corrected chi connectivity index (χ0v) is 11.6. The number of carbonyl (C=O) groups excluding carboxylic acids is 1. The fraction of sp³-hybridized carbons (Fsp3) is 0.500. The van der Waals surface area contributed by atoms with Crippen LogP contribution in [0.25, 0.3) is 0 Å². The highest BCUT2D eigenvalue weighted by molar-refractivity contribution is 5.76. The van der Waals surface area contributed by atoms with E-state index in [1.165, 1.54) is 12.7 Å². The lowest BCUT2D eigenvalue weighted by molar-refractivity contribution is -0.142. The van der Waals surface area contributed by atoms with Crippen LogP contribution in [0.1, 0.15) is 12.5 Å². The summed E-state index contributed by atoms with van der Waals surface area (Å²) in [5.41, 5.74) is 2.35. The van der Waals surface area contributed by atoms with Gasteiger partial charge in [-0.1, -0.05) is 17.7 Å². The number of nitrogens with zero attached hydrogens (tertiary/aromatic N) is 1. The second-order valence-electron chi connectivity index (χ2n) is 4.24. The molecule has 4 nitrogen and oxygen atoms in total. The summed E-state index contributed by atoms with van der Waals surface area (Å²) in [5.74, 6) is -0.233. The number of ether oxygens (including phenoxy) is 1. The van der Waals surface area contributed by atoms with Gasteiger partial charge in [0.1, 0.15) is 6.04 Å². The molecule has 0 fully saturated rings. The van der Waals surface area contributed by atoms with Gasteiger partial charge in [-0.05, 0) is 33.0 Å². The minimum Gasteiger partial charge on any atom is -0.468 e. The summed E-state index contributed by atoms with van der Waals surface area (Å²) in [6.07, 6.45) is 0. The van der Waals surface area contributed by atoms with E-state index in [2.05, 4.69) is 48.3 Å². The maximum atomic E-state index is 11.6. The third-order valence-electron chi connectivity index (χ3n) is 3.02. The highest BCUT2D eigenvalue weighted by atomic mass is 16.5. The number of hydrogen-bond donors (Lipinski definition) is 1. The van der Waals surface area contributed by atoms with Crippen molar-refractivity contribution >= 4 is 11.7 Å². The lowest BCUT2D eigenvalue weighted by Crippen LogP contribution is -2.45. The molecule has 0 saturated carbocycles. The zero-order valence-electron chi connectivity index (χ0n) is 11.6. The van der Waals surface area contributed by atoms with Crippen molar-refractivity contribution in [3.8, 4) is 0 Å². The van der Waals surface area contributed by atoms with Crippen molar-refractivity contribution in [2.75, 3.05) is 32.1 Å². The van der Waals surface area contributed by atoms with Gasteiger partial charge in [-0.15, -0.1) is 0 Å². The molecule has 1 N–H and O–H groups in total. The van der Waals surface area contributed by atoms with Gasteiger partial charge in [0.25, 0.3) is 0 Å². The van der Waals surface area contributed by atoms with Crippen LogP contribution >= 0.6 is 0 Å². The maximum Gasteiger partial charge on any atom is 0.324 e. The van der Waals surface area contributed by atoms with Crippen LogP contribution in [0.5, 0.6) is 0 Å². The van der Waals surface area contributed by atoms with Crippen LogP contribution in [-0.4, -0.2) is 39.3 Å². The SMILES string of the molecule is CCN(CC(NC)C(=O)OC)c1ccc(C)cc1. The molecule has 0 aliphatic carbocycles. The summed E-state index contributed by atoms with van der Waals surface area (Å²) in [4.78, 5) is 13.7. The average Bonchev–Trinajstić information content (AvgIpc) is 2.41. The van der Waals surface area contributed by atoms with E-state index in [1.54, 1.807) is 7.05 Å². The molecule has 0 amide bonds. The molecule has 0 bridgehead atoms. The third-order valence-corrected chi connectivity index (χ3v) is 3.02. The largest absolute Gasteiger partial charge is 0.468 e. The fourth-order valence-electron chi connectivity index (χ4n) is 1.82. The Bertz CT molecular complexity index is 376. The fourth-order valence-corrected chi connectivity index (χ4v) is 1.82. The van der Waals surface area contributed by atoms with Crippen molar-refractivity contribution in [2.24, 2.45) is 0 Å². The Balaban J connectivity index is 2.77. The second-order valence-corrected chi connectivity index (χ2v) is 4.24. The smallest absolute Gasteiger partial charge is 0.324 e. The average molecular weight is 250 g/mol. The number of anilines is 1. The van der Waals surface area contributed by atoms with Gasteiger partial charge in [0.2, 0.25) is 0 Å². The number of methoxy groups -OCH3 is 1. The van der Waals surface area contributed by atoms with Crippen molar-refractivity contribution in [3.63, 3.8) is 0 Å². The van der Waals surface area contributed by atoms with Crippen molar-refractivity contribution < 1.29 is 9.53 Å². The summed E-state index contributed by atoms with van der Waals surface area (Å²) in [7, 11) is 3.18. The summed E-state index contributed by atoms with van der Waals surface area (Å²) in [5, 5.41) is 2.98. The van der Waals surface area contributed by atoms with Crippen molar-refractivity contribution in [1.82, 2.24) is 5.32 Å². The Labute approximate surface area is 109 Å². The minimum absolute atomic E-state index is 0.233. The van der Waals surface area contributed by atoms with Crippen LogP contribution in [0.2, 0.25) is 0 Å². The van der Waals surface area contributed by atoms with Crippen LogP contribution in [-0.2, 0) is 9.53 Å². The first kappa shape index (κ1) is 14.5. The molecule has 0 spiro atoms. The molecule has 0 heterocycles. The molecule has 1 aromatic carbocycles. The highest BCUT2D eigenvalue weighted by Crippen LogP contribution is 2.15. The van der Waals surface area contributed by atoms with Crippen LogP contribution < -0.4 is 10.2 Å². The number of carbonyl (C=O) groups is 1. The number of hydrogen-bond acceptors (Lipinski definition) is 4. The van der Waals surface area contributed by atoms with Crippen LogP contribution in [0.3, 0.4) is 0 Å². The first-order valence-corrected chi connectivity index (χ1v) is 6.19. The molecule has 1 atom stereocenters. The predicted molar refractivity (Wildman–Crippen MR) is 73.9 cm³/mol. The van der Waals surface area contributed by atoms with Crippen molar-refractivity contribution in [3.05, 3.63) is 29.8 Å². The van der Waals surface area contributed by atoms with Gasteiger partial charge in [-0.3, -0.25) is 4.79 Å². The first-order chi connectivity index (χ1) is 8.62. The highest BCUT2D eigenvalue weighted by Gasteiger charge is 2.20. The number of benzene rings is 1. The zero-order chi connectivity index (χ0) is 13.5. The maximum absolute atomic E-state index is 11.6. The predicted octanol–water partition coefficient (Wildman–Crippen LogP) is 1.58. The summed E-state index contributed by atoms with van der Waals surface area (Å²) in [6, 6.07) is 7.98. The van der Waals surface area contributed by atoms with Crippen LogP contribution in [0.4, 0.5) is 5.69 Å². The molecule has 0 aromatic heterocycles. The molecule has 0 aliphatic heterocycles. The molecule has 18 heavy (non-hydrogen) atoms. The van der Waals surface area contributed by atoms with Gasteiger partial charge in [0.05, 0.1) is 7.11 Å². The Morgan fingerprint density at radius 1 is 1.39 bits per heavy atom. The Kier molecular flexibility index (Phi) is 5.65. The minimum atomic E-state index is -0.309. The molecule has 1 rings (SSSR count). The normalized spacial score (nSPS) is 12.0. The van der Waals surface area contributed by atoms with Gasteiger partial charge in [0, 0.05) is 18.8 Å². The van der Waals surface area contributed by atoms with Gasteiger partial charge >= 0.3 is 5.97 Å². The van der Waals surface area contributed by atoms with Crippen molar-refractivity contribution in [2.45, 2.75) is 19.9 Å². The van der Waals surface area contributed by atoms with E-state index < -0.39 is 0 Å². The molecular weight excluding hydrogens is 228 g/mol. The molecule has 0 aliphatic rings. The van der Waals surface area contributed by atoms with E-state index in [0.29, 0.717) is 6.54 Å². The summed E-state index contributed by atoms with van der Waals surface area (Å²) >= 11 is 0. The molecular formula is C14H22N2O2. The molecule has 1 unspecified atom stereocenters. The standard InChI is InChI=1S/C14H22N2O2/c1-5-16(10-13(15-3)14(17)18-4)12-8-6-11(2)7-9-12/h6-9,13,15H,5,10H2,1-4H3. The van der Waals surface area contributed by atoms with Gasteiger partial charge in [-0.25, -0.2) is 0 Å². The number of aryl methyl sites for hydroxylation is 1. The monoisotopic (exact) mass is 250 g/mol. The Morgan fingerprint density at radius 3 is 2.44 bits per heavy atom.